The third kappa shape index (κ3) is 3.05. The van der Waals surface area contributed by atoms with Crippen molar-refractivity contribution in [2.75, 3.05) is 11.9 Å². The number of benzene rings is 1. The lowest BCUT2D eigenvalue weighted by Gasteiger charge is -2.56. The van der Waals surface area contributed by atoms with Crippen LogP contribution in [0.1, 0.15) is 63.9 Å². The molecule has 4 bridgehead atoms. The Morgan fingerprint density at radius 2 is 1.64 bits per heavy atom. The Bertz CT molecular complexity index is 734. The van der Waals surface area contributed by atoms with Crippen LogP contribution in [0, 0.1) is 23.2 Å². The minimum absolute atomic E-state index is 0.0140. The fourth-order valence-electron chi connectivity index (χ4n) is 7.01. The molecule has 0 aromatic heterocycles. The van der Waals surface area contributed by atoms with E-state index < -0.39 is 0 Å². The summed E-state index contributed by atoms with van der Waals surface area (Å²) >= 11 is 0. The van der Waals surface area contributed by atoms with Crippen molar-refractivity contribution in [3.63, 3.8) is 0 Å². The number of carbonyl (C=O) groups excluding carboxylic acids is 2. The van der Waals surface area contributed by atoms with Crippen molar-refractivity contribution in [2.45, 2.75) is 70.8 Å². The van der Waals surface area contributed by atoms with Gasteiger partial charge in [-0.1, -0.05) is 19.1 Å². The molecule has 0 unspecified atom stereocenters. The lowest BCUT2D eigenvalue weighted by molar-refractivity contribution is -0.160. The smallest absolute Gasteiger partial charge is 0.247 e. The van der Waals surface area contributed by atoms with Gasteiger partial charge in [0, 0.05) is 12.2 Å². The number of hydrogen-bond acceptors (Lipinski definition) is 2. The van der Waals surface area contributed by atoms with Gasteiger partial charge in [0.25, 0.3) is 0 Å². The largest absolute Gasteiger partial charge is 0.330 e. The SMILES string of the molecule is CCc1ccc(NC(=O)[C@H]2CCCN2C(=O)C23CC4CC(CC(C4)C2)C3)cc1. The number of amides is 2. The van der Waals surface area contributed by atoms with Gasteiger partial charge in [0.1, 0.15) is 6.04 Å². The predicted octanol–water partition coefficient (Wildman–Crippen LogP) is 4.39. The van der Waals surface area contributed by atoms with Gasteiger partial charge in [-0.2, -0.15) is 0 Å². The molecule has 4 aliphatic carbocycles. The van der Waals surface area contributed by atoms with Gasteiger partial charge in [0.2, 0.25) is 11.8 Å². The van der Waals surface area contributed by atoms with Gasteiger partial charge in [-0.25, -0.2) is 0 Å². The van der Waals surface area contributed by atoms with Crippen LogP contribution in [0.5, 0.6) is 0 Å². The number of rotatable bonds is 4. The number of carbonyl (C=O) groups is 2. The molecule has 1 heterocycles. The third-order valence-electron chi connectivity index (χ3n) is 7.94. The quantitative estimate of drug-likeness (QED) is 0.842. The highest BCUT2D eigenvalue weighted by molar-refractivity contribution is 5.98. The zero-order valence-electron chi connectivity index (χ0n) is 17.0. The van der Waals surface area contributed by atoms with Gasteiger partial charge in [0.05, 0.1) is 5.41 Å². The maximum absolute atomic E-state index is 13.7. The minimum Gasteiger partial charge on any atom is -0.330 e. The van der Waals surface area contributed by atoms with Crippen molar-refractivity contribution in [2.24, 2.45) is 23.2 Å². The maximum atomic E-state index is 13.7. The zero-order chi connectivity index (χ0) is 19.3. The molecule has 1 saturated heterocycles. The Hall–Kier alpha value is -1.84. The Morgan fingerprint density at radius 1 is 1.04 bits per heavy atom. The Labute approximate surface area is 168 Å². The second-order valence-corrected chi connectivity index (χ2v) is 9.89. The lowest BCUT2D eigenvalue weighted by Crippen LogP contribution is -2.56. The molecule has 1 aliphatic heterocycles. The van der Waals surface area contributed by atoms with Crippen LogP contribution in [0.3, 0.4) is 0 Å². The number of hydrogen-bond donors (Lipinski definition) is 1. The fourth-order valence-corrected chi connectivity index (χ4v) is 7.01. The first kappa shape index (κ1) is 18.2. The van der Waals surface area contributed by atoms with Crippen LogP contribution in [0.25, 0.3) is 0 Å². The Kier molecular flexibility index (Phi) is 4.48. The average Bonchev–Trinajstić information content (AvgIpc) is 3.17. The molecule has 0 spiro atoms. The summed E-state index contributed by atoms with van der Waals surface area (Å²) in [6.45, 7) is 2.87. The Morgan fingerprint density at radius 3 is 2.21 bits per heavy atom. The van der Waals surface area contributed by atoms with E-state index in [-0.39, 0.29) is 17.4 Å². The third-order valence-corrected chi connectivity index (χ3v) is 7.94. The van der Waals surface area contributed by atoms with E-state index in [2.05, 4.69) is 24.4 Å². The monoisotopic (exact) mass is 380 g/mol. The molecule has 1 atom stereocenters. The fraction of sp³-hybridized carbons (Fsp3) is 0.667. The molecule has 150 valence electrons. The van der Waals surface area contributed by atoms with E-state index in [1.54, 1.807) is 0 Å². The molecule has 1 N–H and O–H groups in total. The number of nitrogens with zero attached hydrogens (tertiary/aromatic N) is 1. The van der Waals surface area contributed by atoms with Gasteiger partial charge in [0.15, 0.2) is 0 Å². The molecule has 5 fully saturated rings. The van der Waals surface area contributed by atoms with E-state index in [9.17, 15) is 9.59 Å². The molecule has 4 saturated carbocycles. The summed E-state index contributed by atoms with van der Waals surface area (Å²) in [6.07, 6.45) is 9.94. The van der Waals surface area contributed by atoms with Crippen LogP contribution in [0.2, 0.25) is 0 Å². The molecule has 4 nitrogen and oxygen atoms in total. The van der Waals surface area contributed by atoms with Crippen LogP contribution in [0.15, 0.2) is 24.3 Å². The van der Waals surface area contributed by atoms with Gasteiger partial charge in [-0.3, -0.25) is 9.59 Å². The van der Waals surface area contributed by atoms with Gasteiger partial charge >= 0.3 is 0 Å². The molecule has 1 aromatic carbocycles. The Balaban J connectivity index is 1.31. The first-order valence-electron chi connectivity index (χ1n) is 11.3. The number of likely N-dealkylation sites (tertiary alicyclic amines) is 1. The van der Waals surface area contributed by atoms with Crippen LogP contribution in [-0.4, -0.2) is 29.3 Å². The summed E-state index contributed by atoms with van der Waals surface area (Å²) in [5.41, 5.74) is 1.94. The summed E-state index contributed by atoms with van der Waals surface area (Å²) < 4.78 is 0. The van der Waals surface area contributed by atoms with Crippen LogP contribution in [-0.2, 0) is 16.0 Å². The van der Waals surface area contributed by atoms with Crippen molar-refractivity contribution >= 4 is 17.5 Å². The molecule has 0 radical (unpaired) electrons. The van der Waals surface area contributed by atoms with E-state index in [1.165, 1.54) is 24.8 Å². The van der Waals surface area contributed by atoms with Crippen molar-refractivity contribution < 1.29 is 9.59 Å². The van der Waals surface area contributed by atoms with E-state index in [0.717, 1.165) is 68.5 Å². The second kappa shape index (κ2) is 6.89. The number of aryl methyl sites for hydroxylation is 1. The molecule has 6 rings (SSSR count). The first-order chi connectivity index (χ1) is 13.6. The molecular formula is C24H32N2O2. The summed E-state index contributed by atoms with van der Waals surface area (Å²) in [6, 6.07) is 7.75. The summed E-state index contributed by atoms with van der Waals surface area (Å²) in [7, 11) is 0. The normalized spacial score (nSPS) is 36.0. The average molecular weight is 381 g/mol. The van der Waals surface area contributed by atoms with Gasteiger partial charge < -0.3 is 10.2 Å². The molecular weight excluding hydrogens is 348 g/mol. The molecule has 2 amide bonds. The molecule has 28 heavy (non-hydrogen) atoms. The lowest BCUT2D eigenvalue weighted by atomic mass is 9.49. The summed E-state index contributed by atoms with van der Waals surface area (Å²) in [4.78, 5) is 28.6. The first-order valence-corrected chi connectivity index (χ1v) is 11.3. The van der Waals surface area contributed by atoms with Crippen LogP contribution in [0.4, 0.5) is 5.69 Å². The van der Waals surface area contributed by atoms with Crippen molar-refractivity contribution in [1.29, 1.82) is 0 Å². The van der Waals surface area contributed by atoms with E-state index in [1.807, 2.05) is 17.0 Å². The highest BCUT2D eigenvalue weighted by atomic mass is 16.2. The molecule has 4 heteroatoms. The zero-order valence-corrected chi connectivity index (χ0v) is 17.0. The maximum Gasteiger partial charge on any atom is 0.247 e. The molecule has 1 aromatic rings. The summed E-state index contributed by atoms with van der Waals surface area (Å²) in [5.74, 6) is 2.54. The van der Waals surface area contributed by atoms with Crippen molar-refractivity contribution in [3.8, 4) is 0 Å². The van der Waals surface area contributed by atoms with E-state index >= 15 is 0 Å². The highest BCUT2D eigenvalue weighted by Crippen LogP contribution is 2.60. The summed E-state index contributed by atoms with van der Waals surface area (Å²) in [5, 5.41) is 3.06. The van der Waals surface area contributed by atoms with Gasteiger partial charge in [-0.05, 0) is 93.2 Å². The van der Waals surface area contributed by atoms with Crippen LogP contribution >= 0.6 is 0 Å². The standard InChI is InChI=1S/C24H32N2O2/c1-2-16-5-7-20(8-6-16)25-22(27)21-4-3-9-26(21)23(28)24-13-17-10-18(14-24)12-19(11-17)15-24/h5-8,17-19,21H,2-4,9-15H2,1H3,(H,25,27)/t17?,18?,19?,21-,24?/m1/s1. The van der Waals surface area contributed by atoms with Crippen LogP contribution < -0.4 is 5.32 Å². The number of nitrogens with one attached hydrogen (secondary N) is 1. The minimum atomic E-state index is -0.300. The van der Waals surface area contributed by atoms with Crippen molar-refractivity contribution in [1.82, 2.24) is 4.90 Å². The number of anilines is 1. The highest BCUT2D eigenvalue weighted by Gasteiger charge is 2.56. The predicted molar refractivity (Wildman–Crippen MR) is 110 cm³/mol. The molecule has 5 aliphatic rings. The van der Waals surface area contributed by atoms with Gasteiger partial charge in [-0.15, -0.1) is 0 Å². The topological polar surface area (TPSA) is 49.4 Å². The van der Waals surface area contributed by atoms with Crippen molar-refractivity contribution in [3.05, 3.63) is 29.8 Å². The van der Waals surface area contributed by atoms with E-state index in [0.29, 0.717) is 5.91 Å². The second-order valence-electron chi connectivity index (χ2n) is 9.89. The van der Waals surface area contributed by atoms with E-state index in [4.69, 9.17) is 0 Å².